The Morgan fingerprint density at radius 1 is 1.18 bits per heavy atom. The van der Waals surface area contributed by atoms with E-state index in [1.54, 1.807) is 24.6 Å². The molecule has 0 aromatic carbocycles. The lowest BCUT2D eigenvalue weighted by Crippen LogP contribution is -2.38. The van der Waals surface area contributed by atoms with Crippen molar-refractivity contribution < 1.29 is 14.0 Å². The second kappa shape index (κ2) is 9.68. The molecule has 0 unspecified atom stereocenters. The van der Waals surface area contributed by atoms with E-state index in [0.29, 0.717) is 22.5 Å². The molecule has 34 heavy (non-hydrogen) atoms. The number of thioether (sulfide) groups is 1. The first-order chi connectivity index (χ1) is 16.5. The molecule has 5 rings (SSSR count). The Kier molecular flexibility index (Phi) is 6.31. The number of hydrogen-bond donors (Lipinski definition) is 1. The maximum atomic E-state index is 11.8. The summed E-state index contributed by atoms with van der Waals surface area (Å²) in [6.07, 6.45) is 7.00. The van der Waals surface area contributed by atoms with Crippen LogP contribution in [0.15, 0.2) is 58.2 Å². The first-order valence-electron chi connectivity index (χ1n) is 11.1. The Bertz CT molecular complexity index is 1220. The average molecular weight is 477 g/mol. The molecule has 2 aliphatic heterocycles. The molecule has 3 aromatic heterocycles. The normalized spacial score (nSPS) is 17.9. The Hall–Kier alpha value is -3.66. The lowest BCUT2D eigenvalue weighted by Gasteiger charge is -2.34. The molecule has 0 bridgehead atoms. The van der Waals surface area contributed by atoms with Crippen LogP contribution in [0.4, 0.5) is 16.6 Å². The highest BCUT2D eigenvalue weighted by Gasteiger charge is 2.26. The van der Waals surface area contributed by atoms with Gasteiger partial charge in [0.1, 0.15) is 11.5 Å². The molecule has 2 aliphatic rings. The quantitative estimate of drug-likeness (QED) is 0.532. The van der Waals surface area contributed by atoms with Crippen molar-refractivity contribution in [2.24, 2.45) is 5.92 Å². The number of imide groups is 1. The minimum Gasteiger partial charge on any atom is -0.463 e. The summed E-state index contributed by atoms with van der Waals surface area (Å²) in [6, 6.07) is 11.5. The maximum Gasteiger partial charge on any atom is 0.290 e. The molecule has 0 aliphatic carbocycles. The number of rotatable bonds is 6. The molecular weight excluding hydrogens is 452 g/mol. The van der Waals surface area contributed by atoms with E-state index < -0.39 is 0 Å². The van der Waals surface area contributed by atoms with Crippen LogP contribution in [0, 0.1) is 5.92 Å². The van der Waals surface area contributed by atoms with Gasteiger partial charge in [0.05, 0.1) is 16.9 Å². The summed E-state index contributed by atoms with van der Waals surface area (Å²) >= 11 is 0.887. The van der Waals surface area contributed by atoms with E-state index in [2.05, 4.69) is 32.1 Å². The van der Waals surface area contributed by atoms with Gasteiger partial charge in [-0.3, -0.25) is 14.9 Å². The lowest BCUT2D eigenvalue weighted by atomic mass is 9.96. The highest BCUT2D eigenvalue weighted by molar-refractivity contribution is 8.18. The summed E-state index contributed by atoms with van der Waals surface area (Å²) in [7, 11) is 2.07. The molecule has 2 amide bonds. The van der Waals surface area contributed by atoms with Crippen LogP contribution in [0.25, 0.3) is 17.5 Å². The monoisotopic (exact) mass is 476 g/mol. The van der Waals surface area contributed by atoms with Gasteiger partial charge in [-0.2, -0.15) is 0 Å². The van der Waals surface area contributed by atoms with Crippen LogP contribution in [-0.2, 0) is 4.79 Å². The van der Waals surface area contributed by atoms with Gasteiger partial charge in [-0.25, -0.2) is 15.0 Å². The lowest BCUT2D eigenvalue weighted by molar-refractivity contribution is -0.115. The van der Waals surface area contributed by atoms with Gasteiger partial charge in [0.25, 0.3) is 11.1 Å². The van der Waals surface area contributed by atoms with Crippen LogP contribution >= 0.6 is 11.8 Å². The van der Waals surface area contributed by atoms with Crippen molar-refractivity contribution in [2.75, 3.05) is 36.5 Å². The molecule has 0 atom stereocenters. The Morgan fingerprint density at radius 3 is 2.76 bits per heavy atom. The van der Waals surface area contributed by atoms with Crippen LogP contribution in [0.5, 0.6) is 0 Å². The van der Waals surface area contributed by atoms with E-state index in [-0.39, 0.29) is 11.1 Å². The number of pyridine rings is 1. The molecule has 9 nitrogen and oxygen atoms in total. The zero-order valence-electron chi connectivity index (χ0n) is 18.7. The number of nitrogens with zero attached hydrogens (tertiary/aromatic N) is 5. The van der Waals surface area contributed by atoms with E-state index in [4.69, 9.17) is 9.40 Å². The van der Waals surface area contributed by atoms with Crippen molar-refractivity contribution in [3.8, 4) is 11.5 Å². The smallest absolute Gasteiger partial charge is 0.290 e. The van der Waals surface area contributed by atoms with Gasteiger partial charge in [0, 0.05) is 32.9 Å². The van der Waals surface area contributed by atoms with E-state index in [1.807, 2.05) is 30.3 Å². The van der Waals surface area contributed by atoms with Gasteiger partial charge in [-0.15, -0.1) is 0 Å². The zero-order chi connectivity index (χ0) is 23.5. The standard InChI is InChI=1S/C24H24N6O3S/c1-29(21-6-2-4-18(27-21)19-5-3-13-33-19)15-16-8-11-30(12-9-16)23-25-10-7-17(26-23)14-20-22(31)28-24(32)34-20/h2-7,10,13-14,16H,8-9,11-12,15H2,1H3,(H,28,31,32). The number of carbonyl (C=O) groups excluding carboxylic acids is 2. The molecule has 0 spiro atoms. The van der Waals surface area contributed by atoms with Crippen LogP contribution in [0.3, 0.4) is 0 Å². The molecule has 0 radical (unpaired) electrons. The Labute approximate surface area is 201 Å². The number of nitrogens with one attached hydrogen (secondary N) is 1. The molecule has 0 saturated carbocycles. The minimum absolute atomic E-state index is 0.348. The fourth-order valence-corrected chi connectivity index (χ4v) is 4.81. The summed E-state index contributed by atoms with van der Waals surface area (Å²) in [5, 5.41) is 1.90. The second-order valence-electron chi connectivity index (χ2n) is 8.30. The maximum absolute atomic E-state index is 11.8. The predicted molar refractivity (Wildman–Crippen MR) is 131 cm³/mol. The molecule has 3 aromatic rings. The van der Waals surface area contributed by atoms with Crippen LogP contribution in [-0.4, -0.2) is 52.8 Å². The molecule has 10 heteroatoms. The number of piperidine rings is 1. The van der Waals surface area contributed by atoms with Gasteiger partial charge < -0.3 is 14.2 Å². The number of amides is 2. The van der Waals surface area contributed by atoms with E-state index >= 15 is 0 Å². The van der Waals surface area contributed by atoms with E-state index in [0.717, 1.165) is 61.5 Å². The third-order valence-corrected chi connectivity index (χ3v) is 6.72. The summed E-state index contributed by atoms with van der Waals surface area (Å²) in [5.74, 6) is 2.48. The van der Waals surface area contributed by atoms with Gasteiger partial charge >= 0.3 is 0 Å². The predicted octanol–water partition coefficient (Wildman–Crippen LogP) is 3.81. The van der Waals surface area contributed by atoms with Gasteiger partial charge in [-0.1, -0.05) is 6.07 Å². The molecular formula is C24H24N6O3S. The summed E-state index contributed by atoms with van der Waals surface area (Å²) in [6.45, 7) is 2.62. The molecule has 2 fully saturated rings. The minimum atomic E-state index is -0.385. The molecule has 174 valence electrons. The summed E-state index contributed by atoms with van der Waals surface area (Å²) < 4.78 is 5.48. The van der Waals surface area contributed by atoms with Crippen molar-refractivity contribution >= 4 is 40.8 Å². The Balaban J connectivity index is 1.19. The summed E-state index contributed by atoms with van der Waals surface area (Å²) in [4.78, 5) is 41.6. The average Bonchev–Trinajstić information content (AvgIpc) is 3.50. The van der Waals surface area contributed by atoms with Crippen molar-refractivity contribution in [3.63, 3.8) is 0 Å². The number of aromatic nitrogens is 3. The largest absolute Gasteiger partial charge is 0.463 e. The fraction of sp³-hybridized carbons (Fsp3) is 0.292. The SMILES string of the molecule is CN(CC1CCN(c2nccc(C=C3SC(=O)NC3=O)n2)CC1)c1cccc(-c2ccco2)n1. The highest BCUT2D eigenvalue weighted by atomic mass is 32.2. The number of hydrogen-bond acceptors (Lipinski definition) is 9. The van der Waals surface area contributed by atoms with Crippen LogP contribution in [0.1, 0.15) is 18.5 Å². The van der Waals surface area contributed by atoms with Crippen molar-refractivity contribution in [1.82, 2.24) is 20.3 Å². The summed E-state index contributed by atoms with van der Waals surface area (Å²) in [5.41, 5.74) is 1.44. The van der Waals surface area contributed by atoms with Gasteiger partial charge in [0.2, 0.25) is 5.95 Å². The molecule has 5 heterocycles. The number of furan rings is 1. The van der Waals surface area contributed by atoms with Gasteiger partial charge in [0.15, 0.2) is 5.76 Å². The van der Waals surface area contributed by atoms with Crippen molar-refractivity contribution in [2.45, 2.75) is 12.8 Å². The topological polar surface area (TPSA) is 104 Å². The third-order valence-electron chi connectivity index (χ3n) is 5.91. The molecule has 2 saturated heterocycles. The second-order valence-corrected chi connectivity index (χ2v) is 9.32. The van der Waals surface area contributed by atoms with Crippen LogP contribution in [0.2, 0.25) is 0 Å². The van der Waals surface area contributed by atoms with E-state index in [9.17, 15) is 9.59 Å². The fourth-order valence-electron chi connectivity index (χ4n) is 4.14. The third kappa shape index (κ3) is 4.96. The number of anilines is 2. The Morgan fingerprint density at radius 2 is 2.03 bits per heavy atom. The van der Waals surface area contributed by atoms with Crippen molar-refractivity contribution in [1.29, 1.82) is 0 Å². The van der Waals surface area contributed by atoms with Gasteiger partial charge in [-0.05, 0) is 66.9 Å². The highest BCUT2D eigenvalue weighted by Crippen LogP contribution is 2.27. The number of carbonyl (C=O) groups is 2. The molecule has 1 N–H and O–H groups in total. The zero-order valence-corrected chi connectivity index (χ0v) is 19.5. The van der Waals surface area contributed by atoms with E-state index in [1.165, 1.54) is 0 Å². The first kappa shape index (κ1) is 22.1. The van der Waals surface area contributed by atoms with Crippen LogP contribution < -0.4 is 15.1 Å². The first-order valence-corrected chi connectivity index (χ1v) is 11.9. The van der Waals surface area contributed by atoms with Crippen molar-refractivity contribution in [3.05, 3.63) is 59.5 Å².